The van der Waals surface area contributed by atoms with Gasteiger partial charge in [0.15, 0.2) is 6.10 Å². The minimum Gasteiger partial charge on any atom is -0.494 e. The third-order valence-electron chi connectivity index (χ3n) is 5.55. The molecule has 0 radical (unpaired) electrons. The Balaban J connectivity index is 1.54. The maximum Gasteiger partial charge on any atom is 0.352 e. The molecule has 1 aliphatic rings. The third-order valence-corrected chi connectivity index (χ3v) is 5.55. The lowest BCUT2D eigenvalue weighted by molar-refractivity contribution is -0.141. The molecule has 1 heterocycles. The number of hydrogen-bond acceptors (Lipinski definition) is 7. The van der Waals surface area contributed by atoms with Crippen LogP contribution in [0.1, 0.15) is 37.3 Å². The van der Waals surface area contributed by atoms with Gasteiger partial charge in [0.25, 0.3) is 0 Å². The summed E-state index contributed by atoms with van der Waals surface area (Å²) >= 11 is 0. The molecule has 3 aromatic carbocycles. The zero-order valence-corrected chi connectivity index (χ0v) is 19.9. The van der Waals surface area contributed by atoms with Gasteiger partial charge in [0.05, 0.1) is 12.5 Å². The molecular formula is C28H25FN2O5. The summed E-state index contributed by atoms with van der Waals surface area (Å²) in [6.45, 7) is 4.18. The fourth-order valence-corrected chi connectivity index (χ4v) is 3.78. The first-order valence-electron chi connectivity index (χ1n) is 11.5. The van der Waals surface area contributed by atoms with Crippen LogP contribution in [-0.2, 0) is 4.79 Å². The molecule has 0 fully saturated rings. The molecular weight excluding hydrogens is 463 g/mol. The van der Waals surface area contributed by atoms with Gasteiger partial charge in [-0.15, -0.1) is 0 Å². The molecule has 0 saturated heterocycles. The predicted molar refractivity (Wildman–Crippen MR) is 130 cm³/mol. The summed E-state index contributed by atoms with van der Waals surface area (Å²) in [5.74, 6) is 0.160. The summed E-state index contributed by atoms with van der Waals surface area (Å²) < 4.78 is 35.4. The van der Waals surface area contributed by atoms with E-state index in [2.05, 4.69) is 6.07 Å². The van der Waals surface area contributed by atoms with E-state index < -0.39 is 23.8 Å². The summed E-state index contributed by atoms with van der Waals surface area (Å²) in [5, 5.41) is 9.76. The maximum atomic E-state index is 13.1. The Kier molecular flexibility index (Phi) is 7.40. The second kappa shape index (κ2) is 10.8. The molecule has 0 bridgehead atoms. The van der Waals surface area contributed by atoms with Crippen molar-refractivity contribution in [2.45, 2.75) is 32.3 Å². The van der Waals surface area contributed by atoms with Crippen LogP contribution in [0.25, 0.3) is 0 Å². The topological polar surface area (TPSA) is 104 Å². The Morgan fingerprint density at radius 3 is 2.42 bits per heavy atom. The van der Waals surface area contributed by atoms with Crippen molar-refractivity contribution in [1.82, 2.24) is 0 Å². The van der Waals surface area contributed by atoms with Crippen molar-refractivity contribution in [3.63, 3.8) is 0 Å². The van der Waals surface area contributed by atoms with Gasteiger partial charge in [0.1, 0.15) is 40.5 Å². The van der Waals surface area contributed by atoms with E-state index >= 15 is 0 Å². The summed E-state index contributed by atoms with van der Waals surface area (Å²) in [6, 6.07) is 19.9. The van der Waals surface area contributed by atoms with Crippen LogP contribution in [0.15, 0.2) is 78.2 Å². The normalized spacial score (nSPS) is 15.2. The molecule has 0 aromatic heterocycles. The Labute approximate surface area is 208 Å². The van der Waals surface area contributed by atoms with Crippen molar-refractivity contribution < 1.29 is 28.1 Å². The van der Waals surface area contributed by atoms with Crippen LogP contribution in [0.3, 0.4) is 0 Å². The molecule has 0 saturated carbocycles. The molecule has 0 amide bonds. The van der Waals surface area contributed by atoms with Crippen molar-refractivity contribution in [2.75, 3.05) is 6.61 Å². The smallest absolute Gasteiger partial charge is 0.352 e. The van der Waals surface area contributed by atoms with Crippen LogP contribution in [0.2, 0.25) is 0 Å². The van der Waals surface area contributed by atoms with Crippen LogP contribution in [0, 0.1) is 17.1 Å². The first kappa shape index (κ1) is 24.6. The molecule has 3 aromatic rings. The van der Waals surface area contributed by atoms with E-state index in [1.54, 1.807) is 18.2 Å². The van der Waals surface area contributed by atoms with Crippen LogP contribution in [-0.4, -0.2) is 18.7 Å². The molecule has 184 valence electrons. The quantitative estimate of drug-likeness (QED) is 0.343. The Morgan fingerprint density at radius 1 is 1.08 bits per heavy atom. The van der Waals surface area contributed by atoms with Crippen LogP contribution in [0.5, 0.6) is 23.0 Å². The van der Waals surface area contributed by atoms with E-state index in [1.165, 1.54) is 31.2 Å². The molecule has 0 spiro atoms. The fourth-order valence-electron chi connectivity index (χ4n) is 3.78. The summed E-state index contributed by atoms with van der Waals surface area (Å²) in [5.41, 5.74) is 7.92. The molecule has 8 heteroatoms. The van der Waals surface area contributed by atoms with Crippen LogP contribution >= 0.6 is 0 Å². The highest BCUT2D eigenvalue weighted by molar-refractivity contribution is 5.77. The van der Waals surface area contributed by atoms with Crippen molar-refractivity contribution >= 4 is 5.97 Å². The molecule has 1 aliphatic heterocycles. The molecule has 4 rings (SSSR count). The van der Waals surface area contributed by atoms with Crippen molar-refractivity contribution in [3.05, 3.63) is 95.1 Å². The third kappa shape index (κ3) is 5.41. The number of benzene rings is 3. The molecule has 2 unspecified atom stereocenters. The standard InChI is InChI=1S/C28H25FN2O5/c1-3-14-33-20-8-4-18(5-9-20)26-23-13-12-22(15-25(23)36-27(31)24(26)16-30)35-28(32)17(2)34-21-10-6-19(29)7-11-21/h4-13,15,17,26H,3,14,31H2,1-2H3. The average molecular weight is 489 g/mol. The number of hydrogen-bond donors (Lipinski definition) is 1. The van der Waals surface area contributed by atoms with Crippen molar-refractivity contribution in [1.29, 1.82) is 5.26 Å². The highest BCUT2D eigenvalue weighted by atomic mass is 19.1. The molecule has 2 atom stereocenters. The van der Waals surface area contributed by atoms with Gasteiger partial charge >= 0.3 is 5.97 Å². The number of rotatable bonds is 8. The van der Waals surface area contributed by atoms with Gasteiger partial charge in [0, 0.05) is 11.6 Å². The maximum absolute atomic E-state index is 13.1. The first-order chi connectivity index (χ1) is 17.4. The monoisotopic (exact) mass is 488 g/mol. The number of nitriles is 1. The molecule has 7 nitrogen and oxygen atoms in total. The lowest BCUT2D eigenvalue weighted by atomic mass is 9.83. The number of esters is 1. The van der Waals surface area contributed by atoms with E-state index in [9.17, 15) is 14.4 Å². The van der Waals surface area contributed by atoms with Gasteiger partial charge in [-0.25, -0.2) is 9.18 Å². The highest BCUT2D eigenvalue weighted by Gasteiger charge is 2.31. The number of nitrogens with two attached hydrogens (primary N) is 1. The van der Waals surface area contributed by atoms with Gasteiger partial charge < -0.3 is 24.7 Å². The fraction of sp³-hybridized carbons (Fsp3) is 0.214. The van der Waals surface area contributed by atoms with E-state index in [0.717, 1.165) is 17.7 Å². The zero-order chi connectivity index (χ0) is 25.7. The molecule has 36 heavy (non-hydrogen) atoms. The number of carbonyl (C=O) groups is 1. The van der Waals surface area contributed by atoms with E-state index in [1.807, 2.05) is 31.2 Å². The number of carbonyl (C=O) groups excluding carboxylic acids is 1. The first-order valence-corrected chi connectivity index (χ1v) is 11.5. The SMILES string of the molecule is CCCOc1ccc(C2C(C#N)=C(N)Oc3cc(OC(=O)C(C)Oc4ccc(F)cc4)ccc32)cc1. The number of fused-ring (bicyclic) bond motifs is 1. The van der Waals surface area contributed by atoms with Gasteiger partial charge in [-0.1, -0.05) is 25.1 Å². The lowest BCUT2D eigenvalue weighted by Gasteiger charge is -2.27. The number of nitrogens with zero attached hydrogens (tertiary/aromatic N) is 1. The van der Waals surface area contributed by atoms with Gasteiger partial charge in [-0.05, 0) is 61.4 Å². The van der Waals surface area contributed by atoms with Crippen molar-refractivity contribution in [2.24, 2.45) is 5.73 Å². The largest absolute Gasteiger partial charge is 0.494 e. The number of halogens is 1. The summed E-state index contributed by atoms with van der Waals surface area (Å²) in [6.07, 6.45) is -0.0412. The summed E-state index contributed by atoms with van der Waals surface area (Å²) in [7, 11) is 0. The minimum absolute atomic E-state index is 0.0159. The Bertz CT molecular complexity index is 1310. The number of allylic oxidation sites excluding steroid dienone is 1. The Morgan fingerprint density at radius 2 is 1.75 bits per heavy atom. The number of ether oxygens (including phenoxy) is 4. The van der Waals surface area contributed by atoms with Crippen molar-refractivity contribution in [3.8, 4) is 29.1 Å². The lowest BCUT2D eigenvalue weighted by Crippen LogP contribution is -2.28. The van der Waals surface area contributed by atoms with Gasteiger partial charge in [-0.2, -0.15) is 5.26 Å². The summed E-state index contributed by atoms with van der Waals surface area (Å²) in [4.78, 5) is 12.6. The van der Waals surface area contributed by atoms with Crippen LogP contribution < -0.4 is 24.7 Å². The second-order valence-electron chi connectivity index (χ2n) is 8.18. The van der Waals surface area contributed by atoms with Gasteiger partial charge in [-0.3, -0.25) is 0 Å². The average Bonchev–Trinajstić information content (AvgIpc) is 2.88. The molecule has 2 N–H and O–H groups in total. The van der Waals surface area contributed by atoms with Crippen LogP contribution in [0.4, 0.5) is 4.39 Å². The van der Waals surface area contributed by atoms with E-state index in [4.69, 9.17) is 24.7 Å². The molecule has 0 aliphatic carbocycles. The van der Waals surface area contributed by atoms with E-state index in [0.29, 0.717) is 23.7 Å². The minimum atomic E-state index is -0.941. The second-order valence-corrected chi connectivity index (χ2v) is 8.18. The van der Waals surface area contributed by atoms with E-state index in [-0.39, 0.29) is 17.2 Å². The van der Waals surface area contributed by atoms with Gasteiger partial charge in [0.2, 0.25) is 5.88 Å². The Hall–Kier alpha value is -4.51. The zero-order valence-electron chi connectivity index (χ0n) is 19.9. The highest BCUT2D eigenvalue weighted by Crippen LogP contribution is 2.43. The predicted octanol–water partition coefficient (Wildman–Crippen LogP) is 5.21.